The number of aromatic nitrogens is 2. The summed E-state index contributed by atoms with van der Waals surface area (Å²) >= 11 is 6.28. The van der Waals surface area contributed by atoms with Crippen LogP contribution in [0.2, 0.25) is 5.02 Å². The topological polar surface area (TPSA) is 188 Å². The maximum absolute atomic E-state index is 14.5. The lowest BCUT2D eigenvalue weighted by atomic mass is 9.72. The number of rotatable bonds is 11. The highest BCUT2D eigenvalue weighted by Crippen LogP contribution is 2.45. The summed E-state index contributed by atoms with van der Waals surface area (Å²) < 4.78 is 48.2. The lowest BCUT2D eigenvalue weighted by Gasteiger charge is -2.39. The molecule has 4 aliphatic heterocycles. The second-order valence-corrected chi connectivity index (χ2v) is 21.2. The van der Waals surface area contributed by atoms with E-state index in [1.807, 2.05) is 41.3 Å². The summed E-state index contributed by atoms with van der Waals surface area (Å²) in [7, 11) is -4.67. The van der Waals surface area contributed by atoms with Gasteiger partial charge in [-0.15, -0.1) is 0 Å². The molecular weight excluding hydrogens is 910 g/mol. The number of H-pyrrole nitrogens is 1. The standard InChI is InChI=1S/C49H56ClN9O8S/c1-49(2)12-10-34(40(28-49)32-4-6-35(50)7-5-32)29-55-15-17-57(18-16-55)37-8-9-39(41(25-37)58-14-3-21-66-48-43(58)24-33-11-13-51-46(33)53-48)47(60)54-68(63,64)38-26-42(59(61)62)45-44(27-38)67-31-36(52-45)30-56-19-22-65-23-20-56/h4-9,11,13,24-27,36,52H,3,10,12,14-23,28-31H2,1-2H3,(H,51,53)(H,54,60). The number of halogens is 1. The molecule has 3 aromatic carbocycles. The molecule has 1 amide bonds. The number of amides is 1. The van der Waals surface area contributed by atoms with Crippen LogP contribution < -0.4 is 29.3 Å². The first-order chi connectivity index (χ1) is 32.8. The summed E-state index contributed by atoms with van der Waals surface area (Å²) in [5.74, 6) is -0.498. The van der Waals surface area contributed by atoms with Crippen molar-refractivity contribution >= 4 is 72.6 Å². The maximum atomic E-state index is 14.5. The number of nitrogens with zero attached hydrogens (tertiary/aromatic N) is 6. The number of fused-ring (bicyclic) bond motifs is 3. The van der Waals surface area contributed by atoms with E-state index in [9.17, 15) is 23.3 Å². The Balaban J connectivity index is 0.926. The Labute approximate surface area is 400 Å². The molecule has 5 aliphatic rings. The van der Waals surface area contributed by atoms with Crippen molar-refractivity contribution in [1.82, 2.24) is 24.5 Å². The predicted octanol–water partition coefficient (Wildman–Crippen LogP) is 7.45. The number of piperazine rings is 1. The third kappa shape index (κ3) is 9.69. The highest BCUT2D eigenvalue weighted by molar-refractivity contribution is 7.90. The molecular formula is C49H56ClN9O8S. The van der Waals surface area contributed by atoms with Gasteiger partial charge in [0.2, 0.25) is 5.88 Å². The highest BCUT2D eigenvalue weighted by Gasteiger charge is 2.35. The molecule has 5 aromatic rings. The molecule has 19 heteroatoms. The van der Waals surface area contributed by atoms with Crippen LogP contribution in [0.1, 0.15) is 55.5 Å². The lowest BCUT2D eigenvalue weighted by Crippen LogP contribution is -2.47. The van der Waals surface area contributed by atoms with Crippen LogP contribution in [0.4, 0.5) is 28.4 Å². The second kappa shape index (κ2) is 18.9. The summed E-state index contributed by atoms with van der Waals surface area (Å²) in [5, 5.41) is 17.2. The molecule has 6 heterocycles. The fourth-order valence-electron chi connectivity index (χ4n) is 10.0. The summed E-state index contributed by atoms with van der Waals surface area (Å²) in [6, 6.07) is 19.4. The van der Waals surface area contributed by atoms with E-state index in [-0.39, 0.29) is 35.1 Å². The van der Waals surface area contributed by atoms with Gasteiger partial charge in [0, 0.05) is 93.3 Å². The zero-order valence-electron chi connectivity index (χ0n) is 38.3. The summed E-state index contributed by atoms with van der Waals surface area (Å²) in [6.07, 6.45) is 5.58. The summed E-state index contributed by atoms with van der Waals surface area (Å²) in [5.41, 5.74) is 6.69. The van der Waals surface area contributed by atoms with Crippen LogP contribution >= 0.6 is 11.6 Å². The Morgan fingerprint density at radius 3 is 2.51 bits per heavy atom. The van der Waals surface area contributed by atoms with Crippen LogP contribution in [0.3, 0.4) is 0 Å². The van der Waals surface area contributed by atoms with Crippen molar-refractivity contribution in [2.45, 2.75) is 50.5 Å². The third-order valence-electron chi connectivity index (χ3n) is 13.7. The number of nitrogens with one attached hydrogen (secondary N) is 3. The van der Waals surface area contributed by atoms with E-state index in [2.05, 4.69) is 55.7 Å². The maximum Gasteiger partial charge on any atom is 0.297 e. The average molecular weight is 967 g/mol. The van der Waals surface area contributed by atoms with E-state index in [0.29, 0.717) is 62.2 Å². The van der Waals surface area contributed by atoms with Crippen molar-refractivity contribution in [2.24, 2.45) is 5.41 Å². The Hall–Kier alpha value is -5.92. The Bertz CT molecular complexity index is 2880. The normalized spacial score (nSPS) is 20.1. The number of sulfonamides is 1. The number of nitro groups is 1. The molecule has 0 spiro atoms. The molecule has 2 aromatic heterocycles. The van der Waals surface area contributed by atoms with Crippen molar-refractivity contribution in [3.8, 4) is 11.6 Å². The molecule has 68 heavy (non-hydrogen) atoms. The number of allylic oxidation sites excluding steroid dienone is 1. The van der Waals surface area contributed by atoms with E-state index in [1.165, 1.54) is 22.8 Å². The van der Waals surface area contributed by atoms with E-state index in [0.717, 1.165) is 87.2 Å². The zero-order valence-corrected chi connectivity index (χ0v) is 39.8. The highest BCUT2D eigenvalue weighted by atomic mass is 35.5. The minimum Gasteiger partial charge on any atom is -0.489 e. The molecule has 0 radical (unpaired) electrons. The third-order valence-corrected chi connectivity index (χ3v) is 15.3. The van der Waals surface area contributed by atoms with Gasteiger partial charge in [-0.1, -0.05) is 43.2 Å². The van der Waals surface area contributed by atoms with Crippen molar-refractivity contribution in [3.05, 3.63) is 105 Å². The minimum atomic E-state index is -4.67. The van der Waals surface area contributed by atoms with Crippen LogP contribution in [-0.4, -0.2) is 130 Å². The number of pyridine rings is 1. The van der Waals surface area contributed by atoms with E-state index in [4.69, 9.17) is 30.8 Å². The van der Waals surface area contributed by atoms with Crippen molar-refractivity contribution in [1.29, 1.82) is 0 Å². The van der Waals surface area contributed by atoms with Gasteiger partial charge in [-0.25, -0.2) is 13.1 Å². The molecule has 1 unspecified atom stereocenters. The smallest absolute Gasteiger partial charge is 0.297 e. The fraction of sp³-hybridized carbons (Fsp3) is 0.429. The first kappa shape index (κ1) is 45.8. The number of nitro benzene ring substituents is 1. The van der Waals surface area contributed by atoms with Crippen LogP contribution in [0.15, 0.2) is 83.4 Å². The van der Waals surface area contributed by atoms with Gasteiger partial charge in [-0.05, 0) is 84.7 Å². The lowest BCUT2D eigenvalue weighted by molar-refractivity contribution is -0.384. The average Bonchev–Trinajstić information content (AvgIpc) is 3.69. The van der Waals surface area contributed by atoms with Crippen LogP contribution in [0, 0.1) is 15.5 Å². The van der Waals surface area contributed by atoms with Gasteiger partial charge in [0.1, 0.15) is 17.9 Å². The molecule has 17 nitrogen and oxygen atoms in total. The number of carbonyl (C=O) groups excluding carboxylic acids is 1. The number of hydrogen-bond donors (Lipinski definition) is 3. The Morgan fingerprint density at radius 1 is 0.941 bits per heavy atom. The minimum absolute atomic E-state index is 0.0153. The van der Waals surface area contributed by atoms with Crippen molar-refractivity contribution in [2.75, 3.05) is 100 Å². The molecule has 0 saturated carbocycles. The van der Waals surface area contributed by atoms with Gasteiger partial charge in [-0.2, -0.15) is 4.98 Å². The number of benzene rings is 3. The molecule has 10 rings (SSSR count). The summed E-state index contributed by atoms with van der Waals surface area (Å²) in [6.45, 7) is 12.9. The van der Waals surface area contributed by atoms with E-state index >= 15 is 0 Å². The van der Waals surface area contributed by atoms with Crippen LogP contribution in [-0.2, 0) is 14.8 Å². The molecule has 1 atom stereocenters. The first-order valence-corrected chi connectivity index (χ1v) is 25.2. The first-order valence-electron chi connectivity index (χ1n) is 23.3. The molecule has 2 saturated heterocycles. The van der Waals surface area contributed by atoms with Gasteiger partial charge in [0.05, 0.1) is 46.9 Å². The fourth-order valence-corrected chi connectivity index (χ4v) is 11.2. The number of carbonyl (C=O) groups is 1. The molecule has 2 fully saturated rings. The van der Waals surface area contributed by atoms with E-state index in [1.54, 1.807) is 12.3 Å². The Morgan fingerprint density at radius 2 is 1.74 bits per heavy atom. The number of ether oxygens (including phenoxy) is 3. The Kier molecular flexibility index (Phi) is 12.7. The van der Waals surface area contributed by atoms with Crippen molar-refractivity contribution in [3.63, 3.8) is 0 Å². The van der Waals surface area contributed by atoms with Gasteiger partial charge < -0.3 is 34.3 Å². The number of hydrogen-bond acceptors (Lipinski definition) is 14. The van der Waals surface area contributed by atoms with Gasteiger partial charge in [0.25, 0.3) is 21.6 Å². The van der Waals surface area contributed by atoms with Crippen molar-refractivity contribution < 1.29 is 32.3 Å². The number of anilines is 4. The van der Waals surface area contributed by atoms with E-state index < -0.39 is 31.4 Å². The van der Waals surface area contributed by atoms with Gasteiger partial charge >= 0.3 is 0 Å². The molecule has 0 bridgehead atoms. The largest absolute Gasteiger partial charge is 0.489 e. The van der Waals surface area contributed by atoms with Gasteiger partial charge in [0.15, 0.2) is 11.4 Å². The predicted molar refractivity (Wildman–Crippen MR) is 262 cm³/mol. The molecule has 358 valence electrons. The number of aromatic amines is 1. The van der Waals surface area contributed by atoms with Gasteiger partial charge in [-0.3, -0.25) is 24.7 Å². The van der Waals surface area contributed by atoms with Crippen LogP contribution in [0.5, 0.6) is 11.6 Å². The van der Waals surface area contributed by atoms with Crippen LogP contribution in [0.25, 0.3) is 16.6 Å². The summed E-state index contributed by atoms with van der Waals surface area (Å²) in [4.78, 5) is 42.7. The number of morpholine rings is 1. The second-order valence-electron chi connectivity index (χ2n) is 19.0. The quantitative estimate of drug-likeness (QED) is 0.0875. The SMILES string of the molecule is CC1(C)CCC(CN2CCN(c3ccc(C(=O)NS(=O)(=O)c4cc5c(c([N+](=O)[O-])c4)NC(CN4CCOCC4)CO5)c(N4CCCOc5nc6[nH]ccc6cc54)c3)CC2)=C(c2ccc(Cl)cc2)C1. The zero-order chi connectivity index (χ0) is 47.2. The molecule has 1 aliphatic carbocycles. The molecule has 3 N–H and O–H groups in total. The monoisotopic (exact) mass is 965 g/mol.